The predicted octanol–water partition coefficient (Wildman–Crippen LogP) is 7.15. The van der Waals surface area contributed by atoms with E-state index in [1.807, 2.05) is 0 Å². The highest BCUT2D eigenvalue weighted by Crippen LogP contribution is 2.37. The van der Waals surface area contributed by atoms with Crippen molar-refractivity contribution in [1.82, 2.24) is 0 Å². The number of hydrogen-bond acceptors (Lipinski definition) is 3. The highest BCUT2D eigenvalue weighted by molar-refractivity contribution is 5.92. The summed E-state index contributed by atoms with van der Waals surface area (Å²) >= 11 is 0. The van der Waals surface area contributed by atoms with Gasteiger partial charge in [-0.1, -0.05) is 52.8 Å². The molecule has 0 spiro atoms. The molecule has 0 atom stereocenters. The Labute approximate surface area is 200 Å². The van der Waals surface area contributed by atoms with Crippen molar-refractivity contribution in [2.75, 3.05) is 23.3 Å². The highest BCUT2D eigenvalue weighted by Gasteiger charge is 2.31. The quantitative estimate of drug-likeness (QED) is 0.481. The Morgan fingerprint density at radius 2 is 1.62 bits per heavy atom. The monoisotopic (exact) mass is 476 g/mol. The summed E-state index contributed by atoms with van der Waals surface area (Å²) in [7, 11) is 0. The maximum atomic E-state index is 12.7. The van der Waals surface area contributed by atoms with Gasteiger partial charge in [-0.25, -0.2) is 0 Å². The standard InChI is InChI=1S/C27H35F3N2O2/c1-25(2,3)18-26(4,5)20-9-11-22(12-10-20)32-15-13-19(14-16-32)24(33)31-21-7-6-8-23(17-21)34-27(28,29)30/h6-12,17,19H,13-16,18H2,1-5H3,(H,31,33). The van der Waals surface area contributed by atoms with Gasteiger partial charge in [0.25, 0.3) is 0 Å². The van der Waals surface area contributed by atoms with Crippen LogP contribution in [0.4, 0.5) is 24.5 Å². The van der Waals surface area contributed by atoms with E-state index in [0.717, 1.165) is 25.2 Å². The largest absolute Gasteiger partial charge is 0.573 e. The zero-order valence-electron chi connectivity index (χ0n) is 20.6. The van der Waals surface area contributed by atoms with Crippen molar-refractivity contribution >= 4 is 17.3 Å². The molecule has 34 heavy (non-hydrogen) atoms. The molecule has 0 bridgehead atoms. The van der Waals surface area contributed by atoms with Crippen LogP contribution in [0.3, 0.4) is 0 Å². The van der Waals surface area contributed by atoms with Crippen LogP contribution in [0, 0.1) is 11.3 Å². The molecule has 2 aromatic rings. The average Bonchev–Trinajstić information content (AvgIpc) is 2.71. The Balaban J connectivity index is 1.55. The Morgan fingerprint density at radius 1 is 1.00 bits per heavy atom. The molecule has 0 saturated carbocycles. The van der Waals surface area contributed by atoms with E-state index in [9.17, 15) is 18.0 Å². The summed E-state index contributed by atoms with van der Waals surface area (Å²) in [6.45, 7) is 12.8. The van der Waals surface area contributed by atoms with Crippen molar-refractivity contribution in [3.8, 4) is 5.75 Å². The second kappa shape index (κ2) is 9.88. The smallest absolute Gasteiger partial charge is 0.406 e. The molecule has 1 aliphatic heterocycles. The molecule has 1 amide bonds. The number of halogens is 3. The van der Waals surface area contributed by atoms with Gasteiger partial charge in [0.1, 0.15) is 5.75 Å². The first kappa shape index (κ1) is 25.9. The number of anilines is 2. The average molecular weight is 477 g/mol. The van der Waals surface area contributed by atoms with Crippen LogP contribution in [0.2, 0.25) is 0 Å². The number of hydrogen-bond donors (Lipinski definition) is 1. The number of alkyl halides is 3. The number of carbonyl (C=O) groups excluding carboxylic acids is 1. The van der Waals surface area contributed by atoms with Crippen LogP contribution in [0.15, 0.2) is 48.5 Å². The first-order chi connectivity index (χ1) is 15.7. The fourth-order valence-corrected chi connectivity index (χ4v) is 4.97. The van der Waals surface area contributed by atoms with Gasteiger partial charge in [0.15, 0.2) is 0 Å². The van der Waals surface area contributed by atoms with Gasteiger partial charge in [-0.2, -0.15) is 0 Å². The number of carbonyl (C=O) groups is 1. The lowest BCUT2D eigenvalue weighted by atomic mass is 9.72. The third-order valence-corrected chi connectivity index (χ3v) is 6.19. The van der Waals surface area contributed by atoms with Crippen LogP contribution in [-0.2, 0) is 10.2 Å². The Morgan fingerprint density at radius 3 is 2.18 bits per heavy atom. The van der Waals surface area contributed by atoms with Crippen molar-refractivity contribution in [1.29, 1.82) is 0 Å². The molecule has 7 heteroatoms. The summed E-state index contributed by atoms with van der Waals surface area (Å²) < 4.78 is 41.2. The number of ether oxygens (including phenoxy) is 1. The van der Waals surface area contributed by atoms with Gasteiger partial charge in [-0.3, -0.25) is 4.79 Å². The number of piperidine rings is 1. The number of nitrogens with one attached hydrogen (secondary N) is 1. The van der Waals surface area contributed by atoms with Gasteiger partial charge in [0.05, 0.1) is 0 Å². The van der Waals surface area contributed by atoms with Gasteiger partial charge in [-0.15, -0.1) is 13.2 Å². The molecular weight excluding hydrogens is 441 g/mol. The molecule has 0 unspecified atom stereocenters. The van der Waals surface area contributed by atoms with Crippen LogP contribution in [0.5, 0.6) is 5.75 Å². The SMILES string of the molecule is CC(C)(C)CC(C)(C)c1ccc(N2CCC(C(=O)Nc3cccc(OC(F)(F)F)c3)CC2)cc1. The molecule has 1 fully saturated rings. The van der Waals surface area contributed by atoms with Crippen LogP contribution in [0.25, 0.3) is 0 Å². The van der Waals surface area contributed by atoms with Gasteiger partial charge in [-0.05, 0) is 59.9 Å². The summed E-state index contributed by atoms with van der Waals surface area (Å²) in [5.74, 6) is -0.717. The van der Waals surface area contributed by atoms with E-state index in [4.69, 9.17) is 0 Å². The molecule has 1 N–H and O–H groups in total. The molecule has 4 nitrogen and oxygen atoms in total. The summed E-state index contributed by atoms with van der Waals surface area (Å²) in [5.41, 5.74) is 3.09. The third-order valence-electron chi connectivity index (χ3n) is 6.19. The minimum atomic E-state index is -4.77. The van der Waals surface area contributed by atoms with Crippen LogP contribution in [-0.4, -0.2) is 25.4 Å². The van der Waals surface area contributed by atoms with Crippen molar-refractivity contribution in [2.24, 2.45) is 11.3 Å². The maximum absolute atomic E-state index is 12.7. The number of rotatable bonds is 6. The zero-order chi connectivity index (χ0) is 25.1. The molecule has 1 saturated heterocycles. The molecule has 1 aliphatic rings. The number of benzene rings is 2. The number of amides is 1. The van der Waals surface area contributed by atoms with E-state index in [0.29, 0.717) is 18.5 Å². The summed E-state index contributed by atoms with van der Waals surface area (Å²) in [5, 5.41) is 2.73. The Bertz CT molecular complexity index is 971. The van der Waals surface area contributed by atoms with Crippen LogP contribution < -0.4 is 15.0 Å². The van der Waals surface area contributed by atoms with E-state index in [-0.39, 0.29) is 28.4 Å². The van der Waals surface area contributed by atoms with Gasteiger partial charge in [0.2, 0.25) is 5.91 Å². The predicted molar refractivity (Wildman–Crippen MR) is 130 cm³/mol. The topological polar surface area (TPSA) is 41.6 Å². The summed E-state index contributed by atoms with van der Waals surface area (Å²) in [4.78, 5) is 15.0. The molecule has 186 valence electrons. The maximum Gasteiger partial charge on any atom is 0.573 e. The number of nitrogens with zero attached hydrogens (tertiary/aromatic N) is 1. The normalized spacial score (nSPS) is 15.8. The van der Waals surface area contributed by atoms with E-state index < -0.39 is 6.36 Å². The van der Waals surface area contributed by atoms with E-state index in [2.05, 4.69) is 73.8 Å². The van der Waals surface area contributed by atoms with E-state index in [1.165, 1.54) is 23.8 Å². The van der Waals surface area contributed by atoms with Gasteiger partial charge in [0, 0.05) is 36.4 Å². The lowest BCUT2D eigenvalue weighted by Crippen LogP contribution is -2.38. The molecule has 1 heterocycles. The lowest BCUT2D eigenvalue weighted by Gasteiger charge is -2.35. The third kappa shape index (κ3) is 7.40. The van der Waals surface area contributed by atoms with Crippen molar-refractivity contribution in [3.63, 3.8) is 0 Å². The second-order valence-electron chi connectivity index (χ2n) is 11.0. The van der Waals surface area contributed by atoms with Crippen molar-refractivity contribution in [3.05, 3.63) is 54.1 Å². The van der Waals surface area contributed by atoms with Gasteiger partial charge >= 0.3 is 6.36 Å². The molecule has 2 aromatic carbocycles. The summed E-state index contributed by atoms with van der Waals surface area (Å²) in [6, 6.07) is 14.1. The molecular formula is C27H35F3N2O2. The fourth-order valence-electron chi connectivity index (χ4n) is 4.97. The molecule has 0 aromatic heterocycles. The van der Waals surface area contributed by atoms with Crippen LogP contribution >= 0.6 is 0 Å². The first-order valence-electron chi connectivity index (χ1n) is 11.7. The van der Waals surface area contributed by atoms with Crippen LogP contribution in [0.1, 0.15) is 59.4 Å². The van der Waals surface area contributed by atoms with Gasteiger partial charge < -0.3 is 15.0 Å². The molecule has 3 rings (SSSR count). The van der Waals surface area contributed by atoms with E-state index in [1.54, 1.807) is 6.07 Å². The highest BCUT2D eigenvalue weighted by atomic mass is 19.4. The molecule has 0 radical (unpaired) electrons. The zero-order valence-corrected chi connectivity index (χ0v) is 20.6. The fraction of sp³-hybridized carbons (Fsp3) is 0.519. The first-order valence-corrected chi connectivity index (χ1v) is 11.7. The molecule has 0 aliphatic carbocycles. The van der Waals surface area contributed by atoms with E-state index >= 15 is 0 Å². The second-order valence-corrected chi connectivity index (χ2v) is 11.0. The Hall–Kier alpha value is -2.70. The lowest BCUT2D eigenvalue weighted by molar-refractivity contribution is -0.274. The minimum Gasteiger partial charge on any atom is -0.406 e. The Kier molecular flexibility index (Phi) is 7.53. The summed E-state index contributed by atoms with van der Waals surface area (Å²) in [6.07, 6.45) is -2.31. The van der Waals surface area contributed by atoms with Crippen molar-refractivity contribution in [2.45, 2.75) is 65.7 Å². The minimum absolute atomic E-state index is 0.0876. The van der Waals surface area contributed by atoms with Crippen molar-refractivity contribution < 1.29 is 22.7 Å².